The lowest BCUT2D eigenvalue weighted by atomic mass is 10.1. The summed E-state index contributed by atoms with van der Waals surface area (Å²) in [4.78, 5) is 27.2. The zero-order chi connectivity index (χ0) is 16.6. The number of hydrogen-bond donors (Lipinski definition) is 0. The molecule has 0 atom stereocenters. The van der Waals surface area contributed by atoms with Crippen molar-refractivity contribution in [3.8, 4) is 5.69 Å². The molecule has 6 nitrogen and oxygen atoms in total. The van der Waals surface area contributed by atoms with E-state index in [1.165, 1.54) is 22.8 Å². The number of alkyl halides is 1. The smallest absolute Gasteiger partial charge is 0.268 e. The molecule has 3 aromatic rings. The Labute approximate surface area is 130 Å². The minimum absolute atomic E-state index is 0.0364. The van der Waals surface area contributed by atoms with Crippen molar-refractivity contribution in [2.75, 3.05) is 0 Å². The van der Waals surface area contributed by atoms with Gasteiger partial charge in [-0.25, -0.2) is 9.37 Å². The monoisotopic (exact) mass is 313 g/mol. The average molecular weight is 313 g/mol. The van der Waals surface area contributed by atoms with Gasteiger partial charge in [-0.05, 0) is 24.6 Å². The van der Waals surface area contributed by atoms with Crippen LogP contribution in [0.2, 0.25) is 0 Å². The summed E-state index contributed by atoms with van der Waals surface area (Å²) in [5.41, 5.74) is 0.779. The standard InChI is InChI=1S/C16H12FN3O3/c1-10-4-2-3-5-14(10)19-15(9-17)18-13-7-6-11(20(22)23)8-12(13)16(19)21/h2-8H,9H2,1H3. The first-order valence-electron chi connectivity index (χ1n) is 6.85. The van der Waals surface area contributed by atoms with E-state index in [-0.39, 0.29) is 22.4 Å². The molecule has 3 rings (SSSR count). The van der Waals surface area contributed by atoms with Gasteiger partial charge in [0.15, 0.2) is 0 Å². The zero-order valence-corrected chi connectivity index (χ0v) is 12.2. The summed E-state index contributed by atoms with van der Waals surface area (Å²) >= 11 is 0. The van der Waals surface area contributed by atoms with Crippen LogP contribution in [0.5, 0.6) is 0 Å². The fourth-order valence-electron chi connectivity index (χ4n) is 2.49. The topological polar surface area (TPSA) is 78.0 Å². The fourth-order valence-corrected chi connectivity index (χ4v) is 2.49. The van der Waals surface area contributed by atoms with E-state index in [0.717, 1.165) is 5.56 Å². The van der Waals surface area contributed by atoms with Gasteiger partial charge in [-0.1, -0.05) is 18.2 Å². The molecule has 1 aromatic heterocycles. The van der Waals surface area contributed by atoms with Gasteiger partial charge in [-0.3, -0.25) is 19.5 Å². The third kappa shape index (κ3) is 2.46. The minimum atomic E-state index is -0.920. The number of rotatable bonds is 3. The van der Waals surface area contributed by atoms with Crippen LogP contribution in [0, 0.1) is 17.0 Å². The molecule has 0 spiro atoms. The normalized spacial score (nSPS) is 10.9. The van der Waals surface area contributed by atoms with Gasteiger partial charge in [0, 0.05) is 12.1 Å². The molecule has 0 N–H and O–H groups in total. The van der Waals surface area contributed by atoms with Crippen molar-refractivity contribution in [2.45, 2.75) is 13.6 Å². The molecule has 0 aliphatic rings. The number of aryl methyl sites for hydroxylation is 1. The second-order valence-corrected chi connectivity index (χ2v) is 5.05. The summed E-state index contributed by atoms with van der Waals surface area (Å²) in [6.07, 6.45) is 0. The molecule has 0 aliphatic carbocycles. The van der Waals surface area contributed by atoms with Crippen LogP contribution in [0.25, 0.3) is 16.6 Å². The highest BCUT2D eigenvalue weighted by Crippen LogP contribution is 2.20. The van der Waals surface area contributed by atoms with Crippen LogP contribution in [0.3, 0.4) is 0 Å². The number of nitro groups is 1. The average Bonchev–Trinajstić information content (AvgIpc) is 2.55. The number of halogens is 1. The van der Waals surface area contributed by atoms with Gasteiger partial charge < -0.3 is 0 Å². The Kier molecular flexibility index (Phi) is 3.61. The molecule has 1 heterocycles. The molecule has 0 aliphatic heterocycles. The van der Waals surface area contributed by atoms with E-state index in [1.807, 2.05) is 0 Å². The van der Waals surface area contributed by atoms with Crippen molar-refractivity contribution < 1.29 is 9.31 Å². The molecule has 116 valence electrons. The first-order chi connectivity index (χ1) is 11.0. The molecule has 0 saturated carbocycles. The van der Waals surface area contributed by atoms with Gasteiger partial charge in [-0.2, -0.15) is 0 Å². The molecule has 7 heteroatoms. The third-order valence-corrected chi connectivity index (χ3v) is 3.61. The van der Waals surface area contributed by atoms with Crippen LogP contribution in [0.4, 0.5) is 10.1 Å². The number of fused-ring (bicyclic) bond motifs is 1. The maximum absolute atomic E-state index is 13.4. The fraction of sp³-hybridized carbons (Fsp3) is 0.125. The Morgan fingerprint density at radius 3 is 2.65 bits per heavy atom. The van der Waals surface area contributed by atoms with Crippen LogP contribution < -0.4 is 5.56 Å². The third-order valence-electron chi connectivity index (χ3n) is 3.61. The number of aromatic nitrogens is 2. The molecule has 0 amide bonds. The second kappa shape index (κ2) is 5.60. The minimum Gasteiger partial charge on any atom is -0.268 e. The summed E-state index contributed by atoms with van der Waals surface area (Å²) in [5.74, 6) is -0.0364. The molecule has 0 saturated heterocycles. The number of hydrogen-bond acceptors (Lipinski definition) is 4. The number of nitro benzene ring substituents is 1. The van der Waals surface area contributed by atoms with Gasteiger partial charge in [0.25, 0.3) is 11.2 Å². The van der Waals surface area contributed by atoms with Gasteiger partial charge in [-0.15, -0.1) is 0 Å². The zero-order valence-electron chi connectivity index (χ0n) is 12.2. The molecule has 23 heavy (non-hydrogen) atoms. The Hall–Kier alpha value is -3.09. The van der Waals surface area contributed by atoms with Gasteiger partial charge in [0.05, 0.1) is 21.5 Å². The van der Waals surface area contributed by atoms with Crippen molar-refractivity contribution in [3.05, 3.63) is 74.3 Å². The van der Waals surface area contributed by atoms with Crippen LogP contribution in [0.1, 0.15) is 11.4 Å². The summed E-state index contributed by atoms with van der Waals surface area (Å²) < 4.78 is 14.6. The lowest BCUT2D eigenvalue weighted by Gasteiger charge is -2.13. The van der Waals surface area contributed by atoms with Crippen molar-refractivity contribution in [3.63, 3.8) is 0 Å². The Balaban J connectivity index is 2.41. The molecule has 0 bridgehead atoms. The largest absolute Gasteiger partial charge is 0.270 e. The maximum Gasteiger partial charge on any atom is 0.270 e. The van der Waals surface area contributed by atoms with E-state index in [9.17, 15) is 19.3 Å². The van der Waals surface area contributed by atoms with Crippen molar-refractivity contribution in [1.29, 1.82) is 0 Å². The maximum atomic E-state index is 13.4. The highest BCUT2D eigenvalue weighted by Gasteiger charge is 2.16. The van der Waals surface area contributed by atoms with E-state index in [2.05, 4.69) is 4.98 Å². The first kappa shape index (κ1) is 14.8. The number of nitrogens with zero attached hydrogens (tertiary/aromatic N) is 3. The van der Waals surface area contributed by atoms with Crippen molar-refractivity contribution >= 4 is 16.6 Å². The molecular formula is C16H12FN3O3. The molecular weight excluding hydrogens is 301 g/mol. The number of para-hydroxylation sites is 1. The number of non-ortho nitro benzene ring substituents is 1. The molecule has 0 unspecified atom stereocenters. The molecule has 0 radical (unpaired) electrons. The van der Waals surface area contributed by atoms with Crippen LogP contribution in [-0.4, -0.2) is 14.5 Å². The predicted molar refractivity (Wildman–Crippen MR) is 83.5 cm³/mol. The lowest BCUT2D eigenvalue weighted by Crippen LogP contribution is -2.24. The van der Waals surface area contributed by atoms with Crippen LogP contribution in [-0.2, 0) is 6.67 Å². The van der Waals surface area contributed by atoms with E-state index >= 15 is 0 Å². The van der Waals surface area contributed by atoms with Crippen molar-refractivity contribution in [2.24, 2.45) is 0 Å². The van der Waals surface area contributed by atoms with Crippen LogP contribution >= 0.6 is 0 Å². The van der Waals surface area contributed by atoms with E-state index in [0.29, 0.717) is 5.69 Å². The van der Waals surface area contributed by atoms with E-state index in [1.54, 1.807) is 31.2 Å². The van der Waals surface area contributed by atoms with E-state index < -0.39 is 17.2 Å². The van der Waals surface area contributed by atoms with Gasteiger partial charge in [0.1, 0.15) is 12.5 Å². The van der Waals surface area contributed by atoms with E-state index in [4.69, 9.17) is 0 Å². The SMILES string of the molecule is Cc1ccccc1-n1c(CF)nc2ccc([N+](=O)[O-])cc2c1=O. The number of benzene rings is 2. The Morgan fingerprint density at radius 2 is 2.00 bits per heavy atom. The summed E-state index contributed by atoms with van der Waals surface area (Å²) in [6, 6.07) is 10.8. The highest BCUT2D eigenvalue weighted by atomic mass is 19.1. The quantitative estimate of drug-likeness (QED) is 0.550. The van der Waals surface area contributed by atoms with Crippen LogP contribution in [0.15, 0.2) is 47.3 Å². The summed E-state index contributed by atoms with van der Waals surface area (Å²) in [5, 5.41) is 11.0. The van der Waals surface area contributed by atoms with Gasteiger partial charge in [0.2, 0.25) is 0 Å². The highest BCUT2D eigenvalue weighted by molar-refractivity contribution is 5.80. The summed E-state index contributed by atoms with van der Waals surface area (Å²) in [6.45, 7) is 0.873. The Morgan fingerprint density at radius 1 is 1.26 bits per heavy atom. The molecule has 0 fully saturated rings. The predicted octanol–water partition coefficient (Wildman–Crippen LogP) is 3.07. The second-order valence-electron chi connectivity index (χ2n) is 5.05. The Bertz CT molecular complexity index is 982. The first-order valence-corrected chi connectivity index (χ1v) is 6.85. The summed E-state index contributed by atoms with van der Waals surface area (Å²) in [7, 11) is 0. The van der Waals surface area contributed by atoms with Crippen molar-refractivity contribution in [1.82, 2.24) is 9.55 Å². The lowest BCUT2D eigenvalue weighted by molar-refractivity contribution is -0.384. The molecule has 2 aromatic carbocycles. The van der Waals surface area contributed by atoms with Gasteiger partial charge >= 0.3 is 0 Å².